The lowest BCUT2D eigenvalue weighted by molar-refractivity contribution is -0.116. The van der Waals surface area contributed by atoms with Gasteiger partial charge in [0.2, 0.25) is 15.9 Å². The molecule has 1 amide bonds. The van der Waals surface area contributed by atoms with E-state index in [9.17, 15) is 18.5 Å². The minimum Gasteiger partial charge on any atom is -0.325 e. The van der Waals surface area contributed by atoms with Gasteiger partial charge in [0.15, 0.2) is 0 Å². The Morgan fingerprint density at radius 2 is 1.63 bits per heavy atom. The molecular weight excluding hydrogens is 529 g/mol. The average Bonchev–Trinajstić information content (AvgIpc) is 3.63. The molecule has 6 nitrogen and oxygen atoms in total. The highest BCUT2D eigenvalue weighted by molar-refractivity contribution is 7.89. The standard InChI is InChI=1S/C25H20Cl3N3O3S/c26-19-4-8-21(9-5-19)35(33,34)31(14-17-1-10-22(27)23(28)13-17)15-24(32)30-20-6-2-18(3-7-20)25(16-29)11-12-25/h1-10,13H,11-12,14-15H2,(H,30,32). The number of amides is 1. The van der Waals surface area contributed by atoms with E-state index >= 15 is 0 Å². The first-order valence-electron chi connectivity index (χ1n) is 10.6. The van der Waals surface area contributed by atoms with Gasteiger partial charge in [0, 0.05) is 17.3 Å². The molecule has 1 saturated carbocycles. The maximum Gasteiger partial charge on any atom is 0.243 e. The second-order valence-corrected chi connectivity index (χ2v) is 11.5. The van der Waals surface area contributed by atoms with Crippen molar-refractivity contribution in [1.82, 2.24) is 4.31 Å². The Balaban J connectivity index is 1.55. The topological polar surface area (TPSA) is 90.3 Å². The number of nitrogens with one attached hydrogen (secondary N) is 1. The average molecular weight is 549 g/mol. The van der Waals surface area contributed by atoms with Crippen molar-refractivity contribution in [3.8, 4) is 6.07 Å². The molecule has 35 heavy (non-hydrogen) atoms. The van der Waals surface area contributed by atoms with E-state index in [1.54, 1.807) is 30.3 Å². The van der Waals surface area contributed by atoms with Crippen LogP contribution in [0.1, 0.15) is 24.0 Å². The zero-order valence-corrected chi connectivity index (χ0v) is 21.4. The van der Waals surface area contributed by atoms with E-state index in [4.69, 9.17) is 34.8 Å². The van der Waals surface area contributed by atoms with Crippen LogP contribution in [0.2, 0.25) is 15.1 Å². The lowest BCUT2D eigenvalue weighted by Crippen LogP contribution is -2.37. The first-order valence-corrected chi connectivity index (χ1v) is 13.2. The molecule has 1 aliphatic rings. The lowest BCUT2D eigenvalue weighted by atomic mass is 9.98. The van der Waals surface area contributed by atoms with Crippen molar-refractivity contribution < 1.29 is 13.2 Å². The normalized spacial score (nSPS) is 14.4. The largest absolute Gasteiger partial charge is 0.325 e. The van der Waals surface area contributed by atoms with Crippen LogP contribution in [0, 0.1) is 11.3 Å². The third kappa shape index (κ3) is 5.80. The maximum atomic E-state index is 13.4. The molecule has 0 unspecified atom stereocenters. The molecule has 0 aliphatic heterocycles. The molecule has 1 fully saturated rings. The van der Waals surface area contributed by atoms with Gasteiger partial charge in [-0.1, -0.05) is 53.0 Å². The zero-order valence-electron chi connectivity index (χ0n) is 18.3. The summed E-state index contributed by atoms with van der Waals surface area (Å²) in [5.41, 5.74) is 1.56. The number of nitriles is 1. The summed E-state index contributed by atoms with van der Waals surface area (Å²) in [6.45, 7) is -0.534. The van der Waals surface area contributed by atoms with Crippen molar-refractivity contribution in [2.45, 2.75) is 29.7 Å². The fraction of sp³-hybridized carbons (Fsp3) is 0.200. The Kier molecular flexibility index (Phi) is 7.41. The van der Waals surface area contributed by atoms with Crippen LogP contribution in [0.15, 0.2) is 71.6 Å². The molecule has 0 bridgehead atoms. The van der Waals surface area contributed by atoms with Gasteiger partial charge < -0.3 is 5.32 Å². The van der Waals surface area contributed by atoms with Crippen LogP contribution in [0.5, 0.6) is 0 Å². The summed E-state index contributed by atoms with van der Waals surface area (Å²) >= 11 is 18.0. The number of nitrogens with zero attached hydrogens (tertiary/aromatic N) is 2. The number of rotatable bonds is 8. The smallest absolute Gasteiger partial charge is 0.243 e. The molecule has 1 aliphatic carbocycles. The monoisotopic (exact) mass is 547 g/mol. The van der Waals surface area contributed by atoms with Crippen LogP contribution in [0.25, 0.3) is 0 Å². The molecule has 3 aromatic rings. The Hall–Kier alpha value is -2.60. The number of halogens is 3. The fourth-order valence-corrected chi connectivity index (χ4v) is 5.48. The molecule has 3 aromatic carbocycles. The highest BCUT2D eigenvalue weighted by atomic mass is 35.5. The summed E-state index contributed by atoms with van der Waals surface area (Å²) in [5.74, 6) is -0.517. The molecule has 0 heterocycles. The van der Waals surface area contributed by atoms with Crippen molar-refractivity contribution >= 4 is 56.4 Å². The third-order valence-electron chi connectivity index (χ3n) is 5.80. The molecule has 1 N–H and O–H groups in total. The van der Waals surface area contributed by atoms with E-state index in [0.717, 1.165) is 22.7 Å². The number of carbonyl (C=O) groups excluding carboxylic acids is 1. The van der Waals surface area contributed by atoms with Crippen molar-refractivity contribution in [1.29, 1.82) is 5.26 Å². The molecular formula is C25H20Cl3N3O3S. The van der Waals surface area contributed by atoms with Crippen LogP contribution in [-0.2, 0) is 26.8 Å². The van der Waals surface area contributed by atoms with Gasteiger partial charge in [-0.25, -0.2) is 8.42 Å². The van der Waals surface area contributed by atoms with Crippen LogP contribution in [0.3, 0.4) is 0 Å². The van der Waals surface area contributed by atoms with Gasteiger partial charge in [-0.05, 0) is 72.5 Å². The quantitative estimate of drug-likeness (QED) is 0.372. The Bertz CT molecular complexity index is 1400. The van der Waals surface area contributed by atoms with Gasteiger partial charge in [-0.3, -0.25) is 4.79 Å². The van der Waals surface area contributed by atoms with Gasteiger partial charge in [-0.2, -0.15) is 9.57 Å². The predicted octanol–water partition coefficient (Wildman–Crippen LogP) is 6.03. The Morgan fingerprint density at radius 3 is 2.20 bits per heavy atom. The van der Waals surface area contributed by atoms with E-state index in [1.165, 1.54) is 24.3 Å². The van der Waals surface area contributed by atoms with Gasteiger partial charge >= 0.3 is 0 Å². The van der Waals surface area contributed by atoms with Crippen molar-refractivity contribution in [2.75, 3.05) is 11.9 Å². The van der Waals surface area contributed by atoms with Crippen LogP contribution in [-0.4, -0.2) is 25.2 Å². The van der Waals surface area contributed by atoms with E-state index < -0.39 is 27.9 Å². The predicted molar refractivity (Wildman–Crippen MR) is 137 cm³/mol. The summed E-state index contributed by atoms with van der Waals surface area (Å²) in [7, 11) is -4.05. The summed E-state index contributed by atoms with van der Waals surface area (Å²) in [6, 6.07) is 19.9. The summed E-state index contributed by atoms with van der Waals surface area (Å²) in [4.78, 5) is 12.9. The minimum absolute atomic E-state index is 0.00495. The minimum atomic E-state index is -4.05. The van der Waals surface area contributed by atoms with Crippen LogP contribution >= 0.6 is 34.8 Å². The fourth-order valence-electron chi connectivity index (χ4n) is 3.65. The number of carbonyl (C=O) groups is 1. The molecule has 0 aromatic heterocycles. The van der Waals surface area contributed by atoms with Gasteiger partial charge in [0.05, 0.1) is 33.0 Å². The van der Waals surface area contributed by atoms with Gasteiger partial charge in [0.1, 0.15) is 0 Å². The molecule has 0 atom stereocenters. The number of sulfonamides is 1. The molecule has 10 heteroatoms. The first kappa shape index (κ1) is 25.5. The molecule has 0 saturated heterocycles. The van der Waals surface area contributed by atoms with E-state index in [-0.39, 0.29) is 16.5 Å². The van der Waals surface area contributed by atoms with Crippen molar-refractivity contribution in [3.05, 3.63) is 92.9 Å². The molecule has 4 rings (SSSR count). The van der Waals surface area contributed by atoms with E-state index in [1.807, 2.05) is 12.1 Å². The second-order valence-electron chi connectivity index (χ2n) is 8.29. The number of benzene rings is 3. The molecule has 0 radical (unpaired) electrons. The highest BCUT2D eigenvalue weighted by Crippen LogP contribution is 2.47. The SMILES string of the molecule is N#CC1(c2ccc(NC(=O)CN(Cc3ccc(Cl)c(Cl)c3)S(=O)(=O)c3ccc(Cl)cc3)cc2)CC1. The Morgan fingerprint density at radius 1 is 0.971 bits per heavy atom. The summed E-state index contributed by atoms with van der Waals surface area (Å²) < 4.78 is 27.9. The summed E-state index contributed by atoms with van der Waals surface area (Å²) in [6.07, 6.45) is 1.64. The number of hydrogen-bond donors (Lipinski definition) is 1. The molecule has 0 spiro atoms. The van der Waals surface area contributed by atoms with Crippen LogP contribution < -0.4 is 5.32 Å². The van der Waals surface area contributed by atoms with Crippen molar-refractivity contribution in [2.24, 2.45) is 0 Å². The first-order chi connectivity index (χ1) is 16.6. The second kappa shape index (κ2) is 10.2. The Labute approximate surface area is 219 Å². The summed E-state index contributed by atoms with van der Waals surface area (Å²) in [5, 5.41) is 13.1. The number of hydrogen-bond acceptors (Lipinski definition) is 4. The van der Waals surface area contributed by atoms with Gasteiger partial charge in [-0.15, -0.1) is 0 Å². The number of anilines is 1. The lowest BCUT2D eigenvalue weighted by Gasteiger charge is -2.22. The maximum absolute atomic E-state index is 13.4. The zero-order chi connectivity index (χ0) is 25.2. The van der Waals surface area contributed by atoms with Crippen LogP contribution in [0.4, 0.5) is 5.69 Å². The van der Waals surface area contributed by atoms with Gasteiger partial charge in [0.25, 0.3) is 0 Å². The van der Waals surface area contributed by atoms with Crippen molar-refractivity contribution in [3.63, 3.8) is 0 Å². The van der Waals surface area contributed by atoms with E-state index in [2.05, 4.69) is 11.4 Å². The van der Waals surface area contributed by atoms with E-state index in [0.29, 0.717) is 21.3 Å². The third-order valence-corrected chi connectivity index (χ3v) is 8.60. The highest BCUT2D eigenvalue weighted by Gasteiger charge is 2.44. The molecule has 180 valence electrons.